The fourth-order valence-electron chi connectivity index (χ4n) is 2.81. The second-order valence-corrected chi connectivity index (χ2v) is 5.85. The van der Waals surface area contributed by atoms with E-state index in [4.69, 9.17) is 10.2 Å². The van der Waals surface area contributed by atoms with Crippen molar-refractivity contribution in [1.82, 2.24) is 5.32 Å². The standard InChI is InChI=1S/C12H19NO4/c1-12(2)8(9(12)11(16)17)10(15)13-5-6-3-7(14)4-6/h6-9,14H,3-5H2,1-2H3,(H,13,15)(H,16,17). The molecule has 0 bridgehead atoms. The summed E-state index contributed by atoms with van der Waals surface area (Å²) in [4.78, 5) is 22.8. The second kappa shape index (κ2) is 3.98. The first kappa shape index (κ1) is 12.4. The van der Waals surface area contributed by atoms with Gasteiger partial charge in [0, 0.05) is 6.54 Å². The molecule has 0 aromatic rings. The maximum Gasteiger partial charge on any atom is 0.307 e. The van der Waals surface area contributed by atoms with Crippen LogP contribution in [0, 0.1) is 23.2 Å². The largest absolute Gasteiger partial charge is 0.481 e. The third-order valence-corrected chi connectivity index (χ3v) is 4.15. The van der Waals surface area contributed by atoms with E-state index in [1.807, 2.05) is 13.8 Å². The molecule has 0 aliphatic heterocycles. The van der Waals surface area contributed by atoms with E-state index in [1.165, 1.54) is 0 Å². The van der Waals surface area contributed by atoms with E-state index < -0.39 is 23.2 Å². The van der Waals surface area contributed by atoms with Crippen LogP contribution < -0.4 is 5.32 Å². The van der Waals surface area contributed by atoms with Crippen LogP contribution in [-0.4, -0.2) is 34.7 Å². The summed E-state index contributed by atoms with van der Waals surface area (Å²) in [7, 11) is 0. The molecule has 2 saturated carbocycles. The second-order valence-electron chi connectivity index (χ2n) is 5.85. The summed E-state index contributed by atoms with van der Waals surface area (Å²) >= 11 is 0. The summed E-state index contributed by atoms with van der Waals surface area (Å²) in [6.45, 7) is 4.17. The molecule has 0 aromatic carbocycles. The van der Waals surface area contributed by atoms with Gasteiger partial charge in [0.1, 0.15) is 0 Å². The van der Waals surface area contributed by atoms with Crippen LogP contribution in [-0.2, 0) is 9.59 Å². The van der Waals surface area contributed by atoms with Crippen LogP contribution in [0.5, 0.6) is 0 Å². The molecule has 0 saturated heterocycles. The molecule has 2 unspecified atom stereocenters. The molecular weight excluding hydrogens is 222 g/mol. The zero-order valence-electron chi connectivity index (χ0n) is 10.1. The molecule has 2 fully saturated rings. The van der Waals surface area contributed by atoms with Gasteiger partial charge < -0.3 is 15.5 Å². The Kier molecular flexibility index (Phi) is 2.89. The van der Waals surface area contributed by atoms with Crippen LogP contribution in [0.25, 0.3) is 0 Å². The maximum absolute atomic E-state index is 11.8. The summed E-state index contributed by atoms with van der Waals surface area (Å²) < 4.78 is 0. The van der Waals surface area contributed by atoms with E-state index in [-0.39, 0.29) is 12.0 Å². The number of amides is 1. The molecule has 1 amide bonds. The lowest BCUT2D eigenvalue weighted by molar-refractivity contribution is -0.140. The highest BCUT2D eigenvalue weighted by Gasteiger charge is 2.65. The summed E-state index contributed by atoms with van der Waals surface area (Å²) in [6.07, 6.45) is 1.24. The van der Waals surface area contributed by atoms with E-state index in [0.717, 1.165) is 12.8 Å². The van der Waals surface area contributed by atoms with Crippen molar-refractivity contribution in [2.45, 2.75) is 32.8 Å². The fourth-order valence-corrected chi connectivity index (χ4v) is 2.81. The number of aliphatic carboxylic acids is 1. The van der Waals surface area contributed by atoms with Crippen molar-refractivity contribution in [3.63, 3.8) is 0 Å². The SMILES string of the molecule is CC1(C)C(C(=O)O)C1C(=O)NCC1CC(O)C1. The highest BCUT2D eigenvalue weighted by molar-refractivity contribution is 5.91. The van der Waals surface area contributed by atoms with E-state index in [0.29, 0.717) is 12.5 Å². The monoisotopic (exact) mass is 241 g/mol. The quantitative estimate of drug-likeness (QED) is 0.657. The number of aliphatic hydroxyl groups is 1. The molecular formula is C12H19NO4. The van der Waals surface area contributed by atoms with Crippen molar-refractivity contribution in [1.29, 1.82) is 0 Å². The smallest absolute Gasteiger partial charge is 0.307 e. The number of rotatable bonds is 4. The Hall–Kier alpha value is -1.10. The average molecular weight is 241 g/mol. The molecule has 2 atom stereocenters. The van der Waals surface area contributed by atoms with E-state index in [1.54, 1.807) is 0 Å². The predicted octanol–water partition coefficient (Wildman–Crippen LogP) is 0.230. The molecule has 0 radical (unpaired) electrons. The molecule has 96 valence electrons. The number of nitrogens with one attached hydrogen (secondary N) is 1. The summed E-state index contributed by atoms with van der Waals surface area (Å²) in [5, 5.41) is 20.9. The lowest BCUT2D eigenvalue weighted by Gasteiger charge is -2.31. The van der Waals surface area contributed by atoms with Crippen LogP contribution in [0.3, 0.4) is 0 Å². The van der Waals surface area contributed by atoms with E-state index >= 15 is 0 Å². The molecule has 2 aliphatic carbocycles. The van der Waals surface area contributed by atoms with Gasteiger partial charge in [-0.2, -0.15) is 0 Å². The van der Waals surface area contributed by atoms with Crippen LogP contribution in [0.15, 0.2) is 0 Å². The van der Waals surface area contributed by atoms with Crippen LogP contribution in [0.1, 0.15) is 26.7 Å². The molecule has 0 spiro atoms. The van der Waals surface area contributed by atoms with Crippen molar-refractivity contribution >= 4 is 11.9 Å². The number of hydrogen-bond acceptors (Lipinski definition) is 3. The Morgan fingerprint density at radius 1 is 1.29 bits per heavy atom. The normalized spacial score (nSPS) is 38.1. The maximum atomic E-state index is 11.8. The molecule has 5 nitrogen and oxygen atoms in total. The van der Waals surface area contributed by atoms with Crippen LogP contribution in [0.2, 0.25) is 0 Å². The Labute approximate surface area is 100 Å². The number of carbonyl (C=O) groups excluding carboxylic acids is 1. The predicted molar refractivity (Wildman–Crippen MR) is 60.1 cm³/mol. The van der Waals surface area contributed by atoms with Crippen molar-refractivity contribution < 1.29 is 19.8 Å². The van der Waals surface area contributed by atoms with Gasteiger partial charge in [-0.15, -0.1) is 0 Å². The van der Waals surface area contributed by atoms with Crippen LogP contribution in [0.4, 0.5) is 0 Å². The number of carboxylic acid groups (broad SMARTS) is 1. The van der Waals surface area contributed by atoms with Gasteiger partial charge in [0.15, 0.2) is 0 Å². The summed E-state index contributed by atoms with van der Waals surface area (Å²) in [5.74, 6) is -1.68. The summed E-state index contributed by atoms with van der Waals surface area (Å²) in [5.41, 5.74) is -0.435. The Balaban J connectivity index is 1.79. The average Bonchev–Trinajstić information content (AvgIpc) is 2.74. The molecule has 3 N–H and O–H groups in total. The third-order valence-electron chi connectivity index (χ3n) is 4.15. The van der Waals surface area contributed by atoms with Crippen molar-refractivity contribution in [2.24, 2.45) is 23.2 Å². The first-order chi connectivity index (χ1) is 7.84. The molecule has 17 heavy (non-hydrogen) atoms. The van der Waals surface area contributed by atoms with Gasteiger partial charge in [-0.25, -0.2) is 0 Å². The highest BCUT2D eigenvalue weighted by atomic mass is 16.4. The molecule has 5 heteroatoms. The lowest BCUT2D eigenvalue weighted by Crippen LogP contribution is -2.39. The third kappa shape index (κ3) is 2.16. The van der Waals surface area contributed by atoms with Crippen molar-refractivity contribution in [3.05, 3.63) is 0 Å². The Morgan fingerprint density at radius 3 is 2.29 bits per heavy atom. The molecule has 2 rings (SSSR count). The first-order valence-corrected chi connectivity index (χ1v) is 6.02. The fraction of sp³-hybridized carbons (Fsp3) is 0.833. The molecule has 0 heterocycles. The lowest BCUT2D eigenvalue weighted by atomic mass is 9.82. The van der Waals surface area contributed by atoms with Crippen molar-refractivity contribution in [3.8, 4) is 0 Å². The number of aliphatic hydroxyl groups excluding tert-OH is 1. The van der Waals surface area contributed by atoms with Gasteiger partial charge in [0.05, 0.1) is 17.9 Å². The van der Waals surface area contributed by atoms with E-state index in [2.05, 4.69) is 5.32 Å². The molecule has 0 aromatic heterocycles. The Bertz CT molecular complexity index is 346. The zero-order valence-corrected chi connectivity index (χ0v) is 10.1. The minimum atomic E-state index is -0.894. The number of carbonyl (C=O) groups is 2. The minimum absolute atomic E-state index is 0.163. The number of hydrogen-bond donors (Lipinski definition) is 3. The van der Waals surface area contributed by atoms with Crippen molar-refractivity contribution in [2.75, 3.05) is 6.54 Å². The molecule has 2 aliphatic rings. The summed E-state index contributed by atoms with van der Waals surface area (Å²) in [6, 6.07) is 0. The van der Waals surface area contributed by atoms with Gasteiger partial charge in [-0.05, 0) is 24.2 Å². The van der Waals surface area contributed by atoms with E-state index in [9.17, 15) is 9.59 Å². The topological polar surface area (TPSA) is 86.6 Å². The highest BCUT2D eigenvalue weighted by Crippen LogP contribution is 2.58. The first-order valence-electron chi connectivity index (χ1n) is 6.02. The van der Waals surface area contributed by atoms with Gasteiger partial charge in [-0.1, -0.05) is 13.8 Å². The van der Waals surface area contributed by atoms with Gasteiger partial charge in [0.25, 0.3) is 0 Å². The van der Waals surface area contributed by atoms with Gasteiger partial charge >= 0.3 is 5.97 Å². The van der Waals surface area contributed by atoms with Gasteiger partial charge in [-0.3, -0.25) is 9.59 Å². The van der Waals surface area contributed by atoms with Gasteiger partial charge in [0.2, 0.25) is 5.91 Å². The Morgan fingerprint density at radius 2 is 1.88 bits per heavy atom. The zero-order chi connectivity index (χ0) is 12.8. The minimum Gasteiger partial charge on any atom is -0.481 e. The van der Waals surface area contributed by atoms with Crippen LogP contribution >= 0.6 is 0 Å². The number of carboxylic acids is 1.